The predicted molar refractivity (Wildman–Crippen MR) is 38.1 cm³/mol. The van der Waals surface area contributed by atoms with Crippen LogP contribution >= 0.6 is 16.8 Å². The van der Waals surface area contributed by atoms with Gasteiger partial charge in [-0.2, -0.15) is 0 Å². The van der Waals surface area contributed by atoms with Gasteiger partial charge in [0.2, 0.25) is 0 Å². The molecule has 0 aromatic heterocycles. The summed E-state index contributed by atoms with van der Waals surface area (Å²) in [6.07, 6.45) is 0. The maximum atomic E-state index is 8.47. The monoisotopic (exact) mass is 169 g/mol. The van der Waals surface area contributed by atoms with Gasteiger partial charge in [0.1, 0.15) is 7.28 Å². The van der Waals surface area contributed by atoms with E-state index in [4.69, 9.17) is 19.6 Å². The highest BCUT2D eigenvalue weighted by molar-refractivity contribution is 7.67. The van der Waals surface area contributed by atoms with Crippen LogP contribution in [0, 0.1) is 0 Å². The highest BCUT2D eigenvalue weighted by Gasteiger charge is 2.23. The normalized spacial score (nSPS) is 11.6. The van der Waals surface area contributed by atoms with Gasteiger partial charge in [-0.05, 0) is 0 Å². The lowest BCUT2D eigenvalue weighted by molar-refractivity contribution is 0.462. The van der Waals surface area contributed by atoms with Gasteiger partial charge in [0.15, 0.2) is 16.8 Å². The zero-order valence-corrected chi connectivity index (χ0v) is 6.63. The van der Waals surface area contributed by atoms with Gasteiger partial charge in [-0.25, -0.2) is 0 Å². The quantitative estimate of drug-likeness (QED) is 0.342. The van der Waals surface area contributed by atoms with Crippen LogP contribution in [0.1, 0.15) is 0 Å². The van der Waals surface area contributed by atoms with Gasteiger partial charge in [0.05, 0.1) is 5.30 Å². The second-order valence-electron chi connectivity index (χ2n) is 1.39. The third kappa shape index (κ3) is 3.46. The molecule has 0 aliphatic carbocycles. The Hall–Kier alpha value is 0.765. The van der Waals surface area contributed by atoms with Crippen LogP contribution in [-0.2, 0) is 0 Å². The van der Waals surface area contributed by atoms with Crippen molar-refractivity contribution in [1.82, 2.24) is 0 Å². The van der Waals surface area contributed by atoms with Crippen molar-refractivity contribution in [3.63, 3.8) is 0 Å². The van der Waals surface area contributed by atoms with Crippen LogP contribution in [0.4, 0.5) is 0 Å². The maximum Gasteiger partial charge on any atom is 0.168 e. The highest BCUT2D eigenvalue weighted by atomic mass is 31.2. The first-order chi connectivity index (χ1) is 4.09. The first kappa shape index (κ1) is 9.76. The predicted octanol–water partition coefficient (Wildman–Crippen LogP) is -0.385. The summed E-state index contributed by atoms with van der Waals surface area (Å²) in [4.78, 5) is 33.9. The highest BCUT2D eigenvalue weighted by Crippen LogP contribution is 2.47. The van der Waals surface area contributed by atoms with E-state index in [1.807, 2.05) is 0 Å². The molecule has 53 valence electrons. The fourth-order valence-corrected chi connectivity index (χ4v) is 1.63. The molecule has 0 amide bonds. The molecular weight excluding hydrogens is 161 g/mol. The summed E-state index contributed by atoms with van der Waals surface area (Å²) < 4.78 is 0. The van der Waals surface area contributed by atoms with E-state index in [-0.39, 0.29) is 0 Å². The van der Waals surface area contributed by atoms with Gasteiger partial charge in [-0.15, -0.1) is 0 Å². The lowest BCUT2D eigenvalue weighted by atomic mass is 9.86. The summed E-state index contributed by atoms with van der Waals surface area (Å²) in [6.45, 7) is 1.55. The van der Waals surface area contributed by atoms with Crippen molar-refractivity contribution in [2.45, 2.75) is 12.1 Å². The minimum atomic E-state index is -2.23. The third-order valence-corrected chi connectivity index (χ3v) is 3.55. The van der Waals surface area contributed by atoms with Crippen molar-refractivity contribution in [3.05, 3.63) is 0 Å². The summed E-state index contributed by atoms with van der Waals surface area (Å²) in [5.74, 6) is 0. The van der Waals surface area contributed by atoms with E-state index >= 15 is 0 Å². The molecule has 9 heavy (non-hydrogen) atoms. The molecule has 0 atom stereocenters. The molecule has 1 radical (unpaired) electrons. The van der Waals surface area contributed by atoms with Crippen molar-refractivity contribution in [3.8, 4) is 0 Å². The van der Waals surface area contributed by atoms with Gasteiger partial charge < -0.3 is 19.6 Å². The van der Waals surface area contributed by atoms with Crippen LogP contribution in [0.5, 0.6) is 0 Å². The third-order valence-electron chi connectivity index (χ3n) is 0.771. The second kappa shape index (κ2) is 4.56. The molecule has 4 N–H and O–H groups in total. The molecule has 0 heterocycles. The van der Waals surface area contributed by atoms with E-state index in [2.05, 4.69) is 0 Å². The van der Waals surface area contributed by atoms with Crippen molar-refractivity contribution in [2.24, 2.45) is 0 Å². The summed E-state index contributed by atoms with van der Waals surface area (Å²) in [5, 5.41) is -0.852. The Balaban J connectivity index is 3.68. The molecule has 0 aromatic carbocycles. The molecular formula is C2H8BO4P2. The zero-order valence-electron chi connectivity index (χ0n) is 4.84. The summed E-state index contributed by atoms with van der Waals surface area (Å²) in [7, 11) is -3.09. The Kier molecular flexibility index (Phi) is 4.95. The lowest BCUT2D eigenvalue weighted by Crippen LogP contribution is -2.08. The van der Waals surface area contributed by atoms with E-state index in [1.54, 1.807) is 6.82 Å². The summed E-state index contributed by atoms with van der Waals surface area (Å²) in [5.41, 5.74) is 0. The maximum absolute atomic E-state index is 8.47. The van der Waals surface area contributed by atoms with Gasteiger partial charge in [-0.3, -0.25) is 0 Å². The molecule has 0 aliphatic rings. The van der Waals surface area contributed by atoms with Crippen molar-refractivity contribution in [1.29, 1.82) is 0 Å². The van der Waals surface area contributed by atoms with Crippen LogP contribution in [-0.4, -0.2) is 32.2 Å². The molecule has 0 saturated carbocycles. The van der Waals surface area contributed by atoms with E-state index in [9.17, 15) is 0 Å². The van der Waals surface area contributed by atoms with Gasteiger partial charge in [0.25, 0.3) is 0 Å². The smallest absolute Gasteiger partial charge is 0.168 e. The fourth-order valence-electron chi connectivity index (χ4n) is 0.359. The van der Waals surface area contributed by atoms with E-state index in [1.165, 1.54) is 7.28 Å². The lowest BCUT2D eigenvalue weighted by Gasteiger charge is -2.15. The Morgan fingerprint density at radius 3 is 1.44 bits per heavy atom. The summed E-state index contributed by atoms with van der Waals surface area (Å²) >= 11 is 0. The molecule has 0 aromatic rings. The Morgan fingerprint density at radius 1 is 1.11 bits per heavy atom. The van der Waals surface area contributed by atoms with Crippen LogP contribution in [0.25, 0.3) is 0 Å². The molecule has 7 heteroatoms. The minimum Gasteiger partial charge on any atom is -0.350 e. The standard InChI is InChI=1S/C2H8BO4P2/c1-3-2(8(4)5)9(6)7/h2,4-7H,1H3. The van der Waals surface area contributed by atoms with Crippen LogP contribution in [0.3, 0.4) is 0 Å². The molecule has 0 bridgehead atoms. The molecule has 0 spiro atoms. The Labute approximate surface area is 56.6 Å². The van der Waals surface area contributed by atoms with Gasteiger partial charge >= 0.3 is 0 Å². The topological polar surface area (TPSA) is 80.9 Å². The number of rotatable bonds is 3. The first-order valence-electron chi connectivity index (χ1n) is 2.23. The van der Waals surface area contributed by atoms with Gasteiger partial charge in [-0.1, -0.05) is 6.82 Å². The van der Waals surface area contributed by atoms with Crippen LogP contribution in [0.15, 0.2) is 0 Å². The van der Waals surface area contributed by atoms with Crippen molar-refractivity contribution < 1.29 is 19.6 Å². The zero-order chi connectivity index (χ0) is 7.44. The van der Waals surface area contributed by atoms with E-state index in [0.717, 1.165) is 0 Å². The minimum absolute atomic E-state index is 0.852. The first-order valence-corrected chi connectivity index (χ1v) is 4.86. The number of hydrogen-bond donors (Lipinski definition) is 4. The molecule has 0 saturated heterocycles. The van der Waals surface area contributed by atoms with E-state index in [0.29, 0.717) is 0 Å². The molecule has 0 fully saturated rings. The molecule has 4 nitrogen and oxygen atoms in total. The SMILES string of the molecule is C[B]C(P(O)O)P(O)O. The molecule has 0 rings (SSSR count). The number of hydrogen-bond acceptors (Lipinski definition) is 4. The second-order valence-corrected chi connectivity index (χ2v) is 4.19. The summed E-state index contributed by atoms with van der Waals surface area (Å²) in [6, 6.07) is 0. The molecule has 0 aliphatic heterocycles. The van der Waals surface area contributed by atoms with E-state index < -0.39 is 22.1 Å². The Bertz CT molecular complexity index is 71.0. The van der Waals surface area contributed by atoms with Crippen LogP contribution in [0.2, 0.25) is 6.82 Å². The molecule has 0 unspecified atom stereocenters. The largest absolute Gasteiger partial charge is 0.350 e. The van der Waals surface area contributed by atoms with Crippen molar-refractivity contribution >= 4 is 24.0 Å². The fraction of sp³-hybridized carbons (Fsp3) is 1.00. The van der Waals surface area contributed by atoms with Crippen LogP contribution < -0.4 is 0 Å². The average Bonchev–Trinajstić information content (AvgIpc) is 1.64. The average molecular weight is 169 g/mol. The van der Waals surface area contributed by atoms with Gasteiger partial charge in [0, 0.05) is 0 Å². The van der Waals surface area contributed by atoms with Crippen molar-refractivity contribution in [2.75, 3.05) is 0 Å². The Morgan fingerprint density at radius 2 is 1.44 bits per heavy atom.